The lowest BCUT2D eigenvalue weighted by molar-refractivity contribution is -0.143. The number of likely N-dealkylation sites (tertiary alicyclic amines) is 1. The van der Waals surface area contributed by atoms with Gasteiger partial charge in [-0.2, -0.15) is 0 Å². The number of aliphatic carboxylic acids is 1. The molecular formula is C12H12N6O3. The van der Waals surface area contributed by atoms with Gasteiger partial charge in [-0.15, -0.1) is 5.10 Å². The van der Waals surface area contributed by atoms with Gasteiger partial charge in [0.05, 0.1) is 0 Å². The number of hydrogen-bond donors (Lipinski definition) is 1. The lowest BCUT2D eigenvalue weighted by Crippen LogP contribution is -2.33. The van der Waals surface area contributed by atoms with Gasteiger partial charge in [0.25, 0.3) is 0 Å². The number of carboxylic acid groups (broad SMARTS) is 1. The number of carbonyl (C=O) groups excluding carboxylic acids is 1. The molecule has 0 saturated carbocycles. The van der Waals surface area contributed by atoms with E-state index in [1.54, 1.807) is 24.4 Å². The van der Waals surface area contributed by atoms with Crippen LogP contribution >= 0.6 is 0 Å². The lowest BCUT2D eigenvalue weighted by atomic mass is 10.2. The lowest BCUT2D eigenvalue weighted by Gasteiger charge is -2.14. The Morgan fingerprint density at radius 1 is 1.43 bits per heavy atom. The van der Waals surface area contributed by atoms with E-state index in [9.17, 15) is 9.59 Å². The summed E-state index contributed by atoms with van der Waals surface area (Å²) >= 11 is 0. The Hall–Kier alpha value is -2.84. The van der Waals surface area contributed by atoms with E-state index in [0.29, 0.717) is 24.5 Å². The number of tetrazole rings is 1. The van der Waals surface area contributed by atoms with E-state index in [4.69, 9.17) is 5.11 Å². The molecule has 2 aromatic heterocycles. The van der Waals surface area contributed by atoms with Gasteiger partial charge in [0.2, 0.25) is 11.7 Å². The zero-order valence-corrected chi connectivity index (χ0v) is 11.0. The molecule has 3 heterocycles. The van der Waals surface area contributed by atoms with Crippen molar-refractivity contribution in [2.45, 2.75) is 12.5 Å². The van der Waals surface area contributed by atoms with Crippen molar-refractivity contribution in [2.75, 3.05) is 13.1 Å². The van der Waals surface area contributed by atoms with Crippen molar-refractivity contribution in [2.24, 2.45) is 0 Å². The summed E-state index contributed by atoms with van der Waals surface area (Å²) in [6.45, 7) is 0.0632. The van der Waals surface area contributed by atoms with Crippen molar-refractivity contribution in [3.8, 4) is 11.5 Å². The summed E-state index contributed by atoms with van der Waals surface area (Å²) in [5, 5.41) is 20.2. The SMILES string of the molecule is O=C(O)CN1CCC(n2nnnc2-c2ccccn2)C1=O. The van der Waals surface area contributed by atoms with Crippen LogP contribution in [-0.2, 0) is 9.59 Å². The number of aromatic nitrogens is 5. The molecule has 1 atom stereocenters. The molecule has 1 N–H and O–H groups in total. The first kappa shape index (κ1) is 13.2. The molecular weight excluding hydrogens is 276 g/mol. The molecule has 1 fully saturated rings. The molecule has 1 aliphatic heterocycles. The van der Waals surface area contributed by atoms with Crippen LogP contribution in [0.15, 0.2) is 24.4 Å². The fourth-order valence-electron chi connectivity index (χ4n) is 2.34. The minimum atomic E-state index is -1.04. The van der Waals surface area contributed by atoms with Crippen molar-refractivity contribution in [3.63, 3.8) is 0 Å². The number of nitrogens with zero attached hydrogens (tertiary/aromatic N) is 6. The highest BCUT2D eigenvalue weighted by atomic mass is 16.4. The van der Waals surface area contributed by atoms with Gasteiger partial charge in [-0.05, 0) is 29.0 Å². The molecule has 0 aliphatic carbocycles. The molecule has 2 aromatic rings. The molecule has 1 unspecified atom stereocenters. The average Bonchev–Trinajstić information content (AvgIpc) is 3.07. The second-order valence-corrected chi connectivity index (χ2v) is 4.62. The highest BCUT2D eigenvalue weighted by Gasteiger charge is 2.36. The maximum absolute atomic E-state index is 12.2. The standard InChI is InChI=1S/C12H12N6O3/c19-10(20)7-17-6-4-9(12(17)21)18-11(14-15-16-18)8-3-1-2-5-13-8/h1-3,5,9H,4,6-7H2,(H,19,20). The Kier molecular flexibility index (Phi) is 3.30. The van der Waals surface area contributed by atoms with Crippen LogP contribution in [-0.4, -0.2) is 60.2 Å². The van der Waals surface area contributed by atoms with Crippen LogP contribution in [0.1, 0.15) is 12.5 Å². The Morgan fingerprint density at radius 3 is 3.00 bits per heavy atom. The van der Waals surface area contributed by atoms with Gasteiger partial charge in [-0.1, -0.05) is 6.07 Å². The van der Waals surface area contributed by atoms with Crippen LogP contribution in [0.2, 0.25) is 0 Å². The van der Waals surface area contributed by atoms with Crippen molar-refractivity contribution in [1.29, 1.82) is 0 Å². The van der Waals surface area contributed by atoms with E-state index in [-0.39, 0.29) is 12.5 Å². The summed E-state index contributed by atoms with van der Waals surface area (Å²) in [5.74, 6) is -0.932. The van der Waals surface area contributed by atoms with E-state index in [0.717, 1.165) is 0 Å². The number of hydrogen-bond acceptors (Lipinski definition) is 6. The van der Waals surface area contributed by atoms with E-state index in [1.165, 1.54) is 9.58 Å². The largest absolute Gasteiger partial charge is 0.480 e. The normalized spacial score (nSPS) is 18.2. The van der Waals surface area contributed by atoms with E-state index in [2.05, 4.69) is 20.5 Å². The summed E-state index contributed by atoms with van der Waals surface area (Å²) in [7, 11) is 0. The molecule has 108 valence electrons. The summed E-state index contributed by atoms with van der Waals surface area (Å²) in [6, 6.07) is 4.73. The summed E-state index contributed by atoms with van der Waals surface area (Å²) in [5.41, 5.74) is 0.562. The Morgan fingerprint density at radius 2 is 2.29 bits per heavy atom. The molecule has 1 saturated heterocycles. The van der Waals surface area contributed by atoms with Crippen molar-refractivity contribution in [3.05, 3.63) is 24.4 Å². The Balaban J connectivity index is 1.88. The highest BCUT2D eigenvalue weighted by Crippen LogP contribution is 2.25. The molecule has 9 nitrogen and oxygen atoms in total. The number of carboxylic acids is 1. The van der Waals surface area contributed by atoms with Crippen molar-refractivity contribution in [1.82, 2.24) is 30.1 Å². The van der Waals surface area contributed by atoms with Gasteiger partial charge in [-0.3, -0.25) is 14.6 Å². The number of rotatable bonds is 4. The molecule has 0 aromatic carbocycles. The summed E-state index contributed by atoms with van der Waals surface area (Å²) in [6.07, 6.45) is 2.08. The average molecular weight is 288 g/mol. The molecule has 21 heavy (non-hydrogen) atoms. The maximum atomic E-state index is 12.2. The molecule has 0 bridgehead atoms. The van der Waals surface area contributed by atoms with Gasteiger partial charge in [0, 0.05) is 12.7 Å². The Labute approximate surface area is 119 Å². The zero-order chi connectivity index (χ0) is 14.8. The minimum absolute atomic E-state index is 0.290. The topological polar surface area (TPSA) is 114 Å². The van der Waals surface area contributed by atoms with Gasteiger partial charge >= 0.3 is 5.97 Å². The first-order valence-corrected chi connectivity index (χ1v) is 6.36. The third-order valence-electron chi connectivity index (χ3n) is 3.28. The van der Waals surface area contributed by atoms with Crippen LogP contribution in [0.4, 0.5) is 0 Å². The fraction of sp³-hybridized carbons (Fsp3) is 0.333. The van der Waals surface area contributed by atoms with Crippen LogP contribution in [0.3, 0.4) is 0 Å². The van der Waals surface area contributed by atoms with E-state index >= 15 is 0 Å². The van der Waals surface area contributed by atoms with Crippen LogP contribution in [0.25, 0.3) is 11.5 Å². The van der Waals surface area contributed by atoms with E-state index in [1.807, 2.05) is 0 Å². The second kappa shape index (κ2) is 5.27. The summed E-state index contributed by atoms with van der Waals surface area (Å²) < 4.78 is 1.41. The van der Waals surface area contributed by atoms with Gasteiger partial charge in [0.15, 0.2) is 0 Å². The van der Waals surface area contributed by atoms with Gasteiger partial charge in [0.1, 0.15) is 18.3 Å². The fourth-order valence-corrected chi connectivity index (χ4v) is 2.34. The zero-order valence-electron chi connectivity index (χ0n) is 11.0. The molecule has 0 spiro atoms. The quantitative estimate of drug-likeness (QED) is 0.813. The second-order valence-electron chi connectivity index (χ2n) is 4.62. The first-order valence-electron chi connectivity index (χ1n) is 6.36. The molecule has 1 amide bonds. The molecule has 0 radical (unpaired) electrons. The highest BCUT2D eigenvalue weighted by molar-refractivity contribution is 5.86. The van der Waals surface area contributed by atoms with Crippen molar-refractivity contribution >= 4 is 11.9 Å². The smallest absolute Gasteiger partial charge is 0.323 e. The maximum Gasteiger partial charge on any atom is 0.323 e. The van der Waals surface area contributed by atoms with Crippen molar-refractivity contribution < 1.29 is 14.7 Å². The van der Waals surface area contributed by atoms with Crippen LogP contribution in [0, 0.1) is 0 Å². The third-order valence-corrected chi connectivity index (χ3v) is 3.28. The van der Waals surface area contributed by atoms with Crippen LogP contribution < -0.4 is 0 Å². The first-order chi connectivity index (χ1) is 10.2. The van der Waals surface area contributed by atoms with Gasteiger partial charge < -0.3 is 10.0 Å². The number of amides is 1. The monoisotopic (exact) mass is 288 g/mol. The predicted molar refractivity (Wildman–Crippen MR) is 68.9 cm³/mol. The minimum Gasteiger partial charge on any atom is -0.480 e. The number of carbonyl (C=O) groups is 2. The van der Waals surface area contributed by atoms with E-state index < -0.39 is 12.0 Å². The summed E-state index contributed by atoms with van der Waals surface area (Å²) in [4.78, 5) is 28.4. The number of pyridine rings is 1. The molecule has 3 rings (SSSR count). The third kappa shape index (κ3) is 2.45. The Bertz CT molecular complexity index is 671. The van der Waals surface area contributed by atoms with Gasteiger partial charge in [-0.25, -0.2) is 4.68 Å². The van der Waals surface area contributed by atoms with Crippen LogP contribution in [0.5, 0.6) is 0 Å². The predicted octanol–water partition coefficient (Wildman–Crippen LogP) is -0.407. The molecule has 1 aliphatic rings. The molecule has 9 heteroatoms.